The van der Waals surface area contributed by atoms with Crippen molar-refractivity contribution in [3.05, 3.63) is 23.5 Å². The maximum Gasteiger partial charge on any atom is 0.358 e. The summed E-state index contributed by atoms with van der Waals surface area (Å²) in [4.78, 5) is 15.1. The number of aromatic nitrogens is 6. The molecule has 2 aromatic heterocycles. The molecule has 0 aliphatic heterocycles. The van der Waals surface area contributed by atoms with Gasteiger partial charge >= 0.3 is 5.97 Å². The Kier molecular flexibility index (Phi) is 3.85. The van der Waals surface area contributed by atoms with Crippen molar-refractivity contribution in [3.8, 4) is 0 Å². The molecule has 0 saturated carbocycles. The Morgan fingerprint density at radius 3 is 2.89 bits per heavy atom. The van der Waals surface area contributed by atoms with Gasteiger partial charge in [0.25, 0.3) is 0 Å². The molecule has 0 saturated heterocycles. The normalized spacial score (nSPS) is 10.8. The number of nitrogens with zero attached hydrogens (tertiary/aromatic N) is 6. The molecule has 2 rings (SSSR count). The van der Waals surface area contributed by atoms with E-state index in [2.05, 4.69) is 20.4 Å². The average Bonchev–Trinajstić information content (AvgIpc) is 2.97. The Hall–Kier alpha value is -2.29. The van der Waals surface area contributed by atoms with Crippen LogP contribution in [0.25, 0.3) is 0 Å². The maximum atomic E-state index is 11.0. The number of hydrogen-bond donors (Lipinski definition) is 2. The van der Waals surface area contributed by atoms with Gasteiger partial charge in [0.15, 0.2) is 5.69 Å². The van der Waals surface area contributed by atoms with E-state index in [0.29, 0.717) is 18.1 Å². The highest BCUT2D eigenvalue weighted by atomic mass is 16.4. The molecule has 0 unspecified atom stereocenters. The summed E-state index contributed by atoms with van der Waals surface area (Å²) in [5.41, 5.74) is 5.80. The lowest BCUT2D eigenvalue weighted by Crippen LogP contribution is -2.16. The van der Waals surface area contributed by atoms with E-state index in [0.717, 1.165) is 13.0 Å². The molecule has 19 heavy (non-hydrogen) atoms. The van der Waals surface area contributed by atoms with Crippen LogP contribution in [0, 0.1) is 0 Å². The zero-order valence-corrected chi connectivity index (χ0v) is 10.5. The molecule has 9 nitrogen and oxygen atoms in total. The molecule has 9 heteroatoms. The van der Waals surface area contributed by atoms with Crippen molar-refractivity contribution in [2.24, 2.45) is 5.73 Å². The van der Waals surface area contributed by atoms with Crippen molar-refractivity contribution in [1.82, 2.24) is 29.8 Å². The average molecular weight is 265 g/mol. The summed E-state index contributed by atoms with van der Waals surface area (Å²) < 4.78 is 3.20. The van der Waals surface area contributed by atoms with Crippen LogP contribution in [0.2, 0.25) is 0 Å². The standard InChI is InChI=1S/C10H15N7O2/c1-2-3-16-8(12-6-13-16)5-17-7(4-11)9(10(18)19)14-15-17/h6H,2-5,11H2,1H3,(H,18,19). The first-order valence-electron chi connectivity index (χ1n) is 5.89. The highest BCUT2D eigenvalue weighted by Gasteiger charge is 2.18. The summed E-state index contributed by atoms with van der Waals surface area (Å²) in [6, 6.07) is 0. The Labute approximate surface area is 109 Å². The molecule has 0 bridgehead atoms. The van der Waals surface area contributed by atoms with E-state index in [1.54, 1.807) is 4.68 Å². The van der Waals surface area contributed by atoms with E-state index < -0.39 is 5.97 Å². The molecule has 0 aliphatic carbocycles. The molecule has 0 radical (unpaired) electrons. The second-order valence-electron chi connectivity index (χ2n) is 3.95. The van der Waals surface area contributed by atoms with Crippen LogP contribution in [0.15, 0.2) is 6.33 Å². The third-order valence-electron chi connectivity index (χ3n) is 2.66. The van der Waals surface area contributed by atoms with E-state index in [-0.39, 0.29) is 12.2 Å². The van der Waals surface area contributed by atoms with Crippen LogP contribution in [0.5, 0.6) is 0 Å². The van der Waals surface area contributed by atoms with Crippen LogP contribution in [-0.4, -0.2) is 40.8 Å². The van der Waals surface area contributed by atoms with Crippen molar-refractivity contribution >= 4 is 5.97 Å². The second kappa shape index (κ2) is 5.57. The van der Waals surface area contributed by atoms with Gasteiger partial charge in [-0.15, -0.1) is 5.10 Å². The lowest BCUT2D eigenvalue weighted by Gasteiger charge is -2.06. The van der Waals surface area contributed by atoms with E-state index in [1.165, 1.54) is 11.0 Å². The molecule has 0 amide bonds. The first-order chi connectivity index (χ1) is 9.17. The predicted octanol–water partition coefficient (Wildman–Crippen LogP) is -0.515. The van der Waals surface area contributed by atoms with Crippen LogP contribution in [-0.2, 0) is 19.6 Å². The van der Waals surface area contributed by atoms with Crippen molar-refractivity contribution in [2.75, 3.05) is 0 Å². The fraction of sp³-hybridized carbons (Fsp3) is 0.500. The summed E-state index contributed by atoms with van der Waals surface area (Å²) in [6.07, 6.45) is 2.39. The molecule has 2 heterocycles. The number of nitrogens with two attached hydrogens (primary N) is 1. The Morgan fingerprint density at radius 2 is 2.26 bits per heavy atom. The zero-order chi connectivity index (χ0) is 13.8. The van der Waals surface area contributed by atoms with Crippen LogP contribution in [0.4, 0.5) is 0 Å². The summed E-state index contributed by atoms with van der Waals surface area (Å²) in [7, 11) is 0. The minimum Gasteiger partial charge on any atom is -0.476 e. The third-order valence-corrected chi connectivity index (χ3v) is 2.66. The van der Waals surface area contributed by atoms with Crippen molar-refractivity contribution < 1.29 is 9.90 Å². The topological polar surface area (TPSA) is 125 Å². The van der Waals surface area contributed by atoms with Gasteiger partial charge in [-0.05, 0) is 6.42 Å². The molecule has 0 atom stereocenters. The third kappa shape index (κ3) is 2.60. The monoisotopic (exact) mass is 265 g/mol. The number of carboxylic acids is 1. The Bertz CT molecular complexity index is 574. The number of carbonyl (C=O) groups is 1. The maximum absolute atomic E-state index is 11.0. The highest BCUT2D eigenvalue weighted by molar-refractivity contribution is 5.86. The SMILES string of the molecule is CCCn1ncnc1Cn1nnc(C(=O)O)c1CN. The number of hydrogen-bond acceptors (Lipinski definition) is 6. The van der Waals surface area contributed by atoms with Gasteiger partial charge in [-0.1, -0.05) is 12.1 Å². The van der Waals surface area contributed by atoms with E-state index in [4.69, 9.17) is 10.8 Å². The summed E-state index contributed by atoms with van der Waals surface area (Å²) >= 11 is 0. The van der Waals surface area contributed by atoms with Gasteiger partial charge in [-0.25, -0.2) is 19.1 Å². The molecular formula is C10H15N7O2. The first-order valence-corrected chi connectivity index (χ1v) is 5.89. The fourth-order valence-corrected chi connectivity index (χ4v) is 1.77. The van der Waals surface area contributed by atoms with Gasteiger partial charge in [0.05, 0.1) is 5.69 Å². The second-order valence-corrected chi connectivity index (χ2v) is 3.95. The lowest BCUT2D eigenvalue weighted by atomic mass is 10.3. The number of aromatic carboxylic acids is 1. The number of rotatable bonds is 6. The predicted molar refractivity (Wildman–Crippen MR) is 64.3 cm³/mol. The summed E-state index contributed by atoms with van der Waals surface area (Å²) in [5, 5.41) is 20.5. The van der Waals surface area contributed by atoms with Gasteiger partial charge in [0.2, 0.25) is 0 Å². The van der Waals surface area contributed by atoms with Gasteiger partial charge in [-0.2, -0.15) is 5.10 Å². The van der Waals surface area contributed by atoms with Crippen LogP contribution < -0.4 is 5.73 Å². The molecule has 102 valence electrons. The Morgan fingerprint density at radius 1 is 1.47 bits per heavy atom. The molecular weight excluding hydrogens is 250 g/mol. The van der Waals surface area contributed by atoms with E-state index in [9.17, 15) is 4.79 Å². The molecule has 3 N–H and O–H groups in total. The van der Waals surface area contributed by atoms with Crippen LogP contribution >= 0.6 is 0 Å². The van der Waals surface area contributed by atoms with E-state index >= 15 is 0 Å². The summed E-state index contributed by atoms with van der Waals surface area (Å²) in [5.74, 6) is -0.444. The quantitative estimate of drug-likeness (QED) is 0.720. The molecule has 0 aliphatic rings. The number of carboxylic acid groups (broad SMARTS) is 1. The van der Waals surface area contributed by atoms with Crippen molar-refractivity contribution in [1.29, 1.82) is 0 Å². The van der Waals surface area contributed by atoms with Gasteiger partial charge in [0, 0.05) is 13.1 Å². The van der Waals surface area contributed by atoms with Crippen LogP contribution in [0.3, 0.4) is 0 Å². The van der Waals surface area contributed by atoms with Gasteiger partial charge < -0.3 is 10.8 Å². The highest BCUT2D eigenvalue weighted by Crippen LogP contribution is 2.07. The van der Waals surface area contributed by atoms with Crippen molar-refractivity contribution in [2.45, 2.75) is 33.0 Å². The smallest absolute Gasteiger partial charge is 0.358 e. The lowest BCUT2D eigenvalue weighted by molar-refractivity contribution is 0.0689. The zero-order valence-electron chi connectivity index (χ0n) is 10.5. The van der Waals surface area contributed by atoms with Crippen molar-refractivity contribution in [3.63, 3.8) is 0 Å². The first kappa shape index (κ1) is 13.1. The minimum atomic E-state index is -1.14. The molecule has 0 aromatic carbocycles. The Balaban J connectivity index is 2.28. The number of aryl methyl sites for hydroxylation is 1. The summed E-state index contributed by atoms with van der Waals surface area (Å²) in [6.45, 7) is 3.13. The van der Waals surface area contributed by atoms with Crippen LogP contribution in [0.1, 0.15) is 35.4 Å². The van der Waals surface area contributed by atoms with Gasteiger partial charge in [0.1, 0.15) is 18.7 Å². The largest absolute Gasteiger partial charge is 0.476 e. The molecule has 2 aromatic rings. The van der Waals surface area contributed by atoms with Gasteiger partial charge in [-0.3, -0.25) is 0 Å². The fourth-order valence-electron chi connectivity index (χ4n) is 1.77. The van der Waals surface area contributed by atoms with E-state index in [1.807, 2.05) is 6.92 Å². The minimum absolute atomic E-state index is 0.0521. The molecule has 0 fully saturated rings. The molecule has 0 spiro atoms.